The number of hydrogen-bond acceptors (Lipinski definition) is 3. The highest BCUT2D eigenvalue weighted by molar-refractivity contribution is 5.55. The van der Waals surface area contributed by atoms with Crippen LogP contribution in [-0.4, -0.2) is 16.6 Å². The molecule has 2 rings (SSSR count). The second-order valence-corrected chi connectivity index (χ2v) is 6.90. The van der Waals surface area contributed by atoms with Crippen LogP contribution in [0.1, 0.15) is 64.9 Å². The standard InChI is InChI=1S/C22H32N2O/c1-4-6-7-8-9-19-16-23-22(24-17-19)20-10-12-21(13-11-20)25-15-14-18(3)5-2/h10-13,16-18H,4-9,14-15H2,1-3H3. The summed E-state index contributed by atoms with van der Waals surface area (Å²) >= 11 is 0. The van der Waals surface area contributed by atoms with Gasteiger partial charge in [-0.25, -0.2) is 9.97 Å². The summed E-state index contributed by atoms with van der Waals surface area (Å²) in [4.78, 5) is 9.04. The first-order chi connectivity index (χ1) is 12.2. The van der Waals surface area contributed by atoms with Crippen molar-refractivity contribution in [3.8, 4) is 17.1 Å². The van der Waals surface area contributed by atoms with Gasteiger partial charge in [0.05, 0.1) is 6.61 Å². The Bertz CT molecular complexity index is 592. The third-order valence-electron chi connectivity index (χ3n) is 4.71. The molecule has 0 fully saturated rings. The lowest BCUT2D eigenvalue weighted by Crippen LogP contribution is -2.03. The molecule has 1 heterocycles. The molecule has 1 aromatic heterocycles. The Morgan fingerprint density at radius 2 is 1.68 bits per heavy atom. The molecule has 0 bridgehead atoms. The highest BCUT2D eigenvalue weighted by Gasteiger charge is 2.04. The molecule has 25 heavy (non-hydrogen) atoms. The van der Waals surface area contributed by atoms with Crippen molar-refractivity contribution in [2.75, 3.05) is 6.61 Å². The third-order valence-corrected chi connectivity index (χ3v) is 4.71. The van der Waals surface area contributed by atoms with Crippen molar-refractivity contribution in [1.82, 2.24) is 9.97 Å². The molecule has 0 N–H and O–H groups in total. The van der Waals surface area contributed by atoms with Gasteiger partial charge in [-0.2, -0.15) is 0 Å². The van der Waals surface area contributed by atoms with Gasteiger partial charge in [0.1, 0.15) is 5.75 Å². The Balaban J connectivity index is 1.84. The van der Waals surface area contributed by atoms with Crippen LogP contribution in [0, 0.1) is 5.92 Å². The summed E-state index contributed by atoms with van der Waals surface area (Å²) in [5, 5.41) is 0. The Morgan fingerprint density at radius 1 is 0.960 bits per heavy atom. The molecule has 0 amide bonds. The Hall–Kier alpha value is -1.90. The zero-order valence-electron chi connectivity index (χ0n) is 16.0. The summed E-state index contributed by atoms with van der Waals surface area (Å²) in [5.74, 6) is 2.41. The summed E-state index contributed by atoms with van der Waals surface area (Å²) in [5.41, 5.74) is 2.26. The lowest BCUT2D eigenvalue weighted by molar-refractivity contribution is 0.282. The van der Waals surface area contributed by atoms with E-state index in [4.69, 9.17) is 4.74 Å². The smallest absolute Gasteiger partial charge is 0.159 e. The van der Waals surface area contributed by atoms with E-state index in [1.165, 1.54) is 37.7 Å². The molecular weight excluding hydrogens is 308 g/mol. The molecule has 0 aliphatic heterocycles. The van der Waals surface area contributed by atoms with Gasteiger partial charge >= 0.3 is 0 Å². The van der Waals surface area contributed by atoms with Crippen LogP contribution in [0.2, 0.25) is 0 Å². The van der Waals surface area contributed by atoms with Crippen LogP contribution in [0.4, 0.5) is 0 Å². The first-order valence-electron chi connectivity index (χ1n) is 9.77. The maximum absolute atomic E-state index is 5.81. The Kier molecular flexibility index (Phi) is 8.44. The maximum Gasteiger partial charge on any atom is 0.159 e. The molecule has 0 aliphatic rings. The van der Waals surface area contributed by atoms with Gasteiger partial charge in [-0.3, -0.25) is 0 Å². The average molecular weight is 341 g/mol. The lowest BCUT2D eigenvalue weighted by Gasteiger charge is -2.10. The number of aromatic nitrogens is 2. The van der Waals surface area contributed by atoms with Crippen LogP contribution in [-0.2, 0) is 6.42 Å². The van der Waals surface area contributed by atoms with Crippen molar-refractivity contribution in [3.63, 3.8) is 0 Å². The van der Waals surface area contributed by atoms with Gasteiger partial charge in [-0.15, -0.1) is 0 Å². The monoisotopic (exact) mass is 340 g/mol. The quantitative estimate of drug-likeness (QED) is 0.465. The van der Waals surface area contributed by atoms with E-state index in [2.05, 4.69) is 30.7 Å². The topological polar surface area (TPSA) is 35.0 Å². The fourth-order valence-corrected chi connectivity index (χ4v) is 2.67. The zero-order valence-corrected chi connectivity index (χ0v) is 16.0. The Labute approximate surface area is 152 Å². The molecule has 1 unspecified atom stereocenters. The molecule has 3 heteroatoms. The minimum atomic E-state index is 0.716. The fourth-order valence-electron chi connectivity index (χ4n) is 2.67. The van der Waals surface area contributed by atoms with E-state index in [9.17, 15) is 0 Å². The van der Waals surface area contributed by atoms with Crippen LogP contribution >= 0.6 is 0 Å². The molecule has 0 spiro atoms. The number of hydrogen-bond donors (Lipinski definition) is 0. The summed E-state index contributed by atoms with van der Waals surface area (Å²) in [6, 6.07) is 8.09. The Morgan fingerprint density at radius 3 is 2.32 bits per heavy atom. The number of unbranched alkanes of at least 4 members (excludes halogenated alkanes) is 3. The normalized spacial score (nSPS) is 12.1. The molecule has 0 saturated carbocycles. The van der Waals surface area contributed by atoms with Crippen LogP contribution in [0.3, 0.4) is 0 Å². The highest BCUT2D eigenvalue weighted by atomic mass is 16.5. The molecule has 0 aliphatic carbocycles. The molecule has 3 nitrogen and oxygen atoms in total. The number of ether oxygens (including phenoxy) is 1. The third kappa shape index (κ3) is 6.85. The van der Waals surface area contributed by atoms with E-state index >= 15 is 0 Å². The van der Waals surface area contributed by atoms with E-state index in [0.29, 0.717) is 5.92 Å². The van der Waals surface area contributed by atoms with Gasteiger partial charge in [-0.1, -0.05) is 46.5 Å². The van der Waals surface area contributed by atoms with Gasteiger partial charge in [0.2, 0.25) is 0 Å². The molecule has 1 atom stereocenters. The summed E-state index contributed by atoms with van der Waals surface area (Å²) in [6.45, 7) is 7.49. The predicted octanol–water partition coefficient (Wildman–Crippen LogP) is 6.08. The number of aryl methyl sites for hydroxylation is 1. The summed E-state index contributed by atoms with van der Waals surface area (Å²) in [6.07, 6.45) is 12.4. The molecule has 2 aromatic rings. The van der Waals surface area contributed by atoms with Crippen LogP contribution < -0.4 is 4.74 Å². The molecule has 136 valence electrons. The fraction of sp³-hybridized carbons (Fsp3) is 0.545. The summed E-state index contributed by atoms with van der Waals surface area (Å²) in [7, 11) is 0. The molecule has 1 aromatic carbocycles. The first-order valence-corrected chi connectivity index (χ1v) is 9.77. The van der Waals surface area contributed by atoms with Gasteiger partial charge in [0, 0.05) is 18.0 Å². The van der Waals surface area contributed by atoms with Gasteiger partial charge in [-0.05, 0) is 55.0 Å². The predicted molar refractivity (Wildman–Crippen MR) is 105 cm³/mol. The van der Waals surface area contributed by atoms with E-state index in [1.54, 1.807) is 0 Å². The van der Waals surface area contributed by atoms with Crippen LogP contribution in [0.15, 0.2) is 36.7 Å². The van der Waals surface area contributed by atoms with Crippen molar-refractivity contribution in [1.29, 1.82) is 0 Å². The SMILES string of the molecule is CCCCCCc1cnc(-c2ccc(OCCC(C)CC)cc2)nc1. The highest BCUT2D eigenvalue weighted by Crippen LogP contribution is 2.20. The van der Waals surface area contributed by atoms with Gasteiger partial charge < -0.3 is 4.74 Å². The van der Waals surface area contributed by atoms with E-state index in [-0.39, 0.29) is 0 Å². The number of rotatable bonds is 11. The van der Waals surface area contributed by atoms with Crippen molar-refractivity contribution in [2.45, 2.75) is 65.7 Å². The van der Waals surface area contributed by atoms with Crippen molar-refractivity contribution < 1.29 is 4.74 Å². The lowest BCUT2D eigenvalue weighted by atomic mass is 10.1. The first kappa shape index (κ1) is 19.4. The largest absolute Gasteiger partial charge is 0.494 e. The van der Waals surface area contributed by atoms with Crippen molar-refractivity contribution in [2.24, 2.45) is 5.92 Å². The van der Waals surface area contributed by atoms with Crippen LogP contribution in [0.25, 0.3) is 11.4 Å². The van der Waals surface area contributed by atoms with E-state index in [1.807, 2.05) is 36.7 Å². The van der Waals surface area contributed by atoms with Crippen molar-refractivity contribution in [3.05, 3.63) is 42.2 Å². The van der Waals surface area contributed by atoms with Crippen LogP contribution in [0.5, 0.6) is 5.75 Å². The van der Waals surface area contributed by atoms with Gasteiger partial charge in [0.15, 0.2) is 5.82 Å². The number of nitrogens with zero attached hydrogens (tertiary/aromatic N) is 2. The minimum absolute atomic E-state index is 0.716. The van der Waals surface area contributed by atoms with Crippen molar-refractivity contribution >= 4 is 0 Å². The average Bonchev–Trinajstić information content (AvgIpc) is 2.66. The number of benzene rings is 1. The van der Waals surface area contributed by atoms with E-state index < -0.39 is 0 Å². The zero-order chi connectivity index (χ0) is 17.9. The second-order valence-electron chi connectivity index (χ2n) is 6.90. The van der Waals surface area contributed by atoms with E-state index in [0.717, 1.165) is 36.6 Å². The molecular formula is C22H32N2O. The molecule has 0 radical (unpaired) electrons. The maximum atomic E-state index is 5.81. The molecule has 0 saturated heterocycles. The van der Waals surface area contributed by atoms with Gasteiger partial charge in [0.25, 0.3) is 0 Å². The minimum Gasteiger partial charge on any atom is -0.494 e. The summed E-state index contributed by atoms with van der Waals surface area (Å²) < 4.78 is 5.81. The second kappa shape index (κ2) is 10.9.